The molecule has 8 heteroatoms. The van der Waals surface area contributed by atoms with Gasteiger partial charge >= 0.3 is 5.97 Å². The van der Waals surface area contributed by atoms with Crippen LogP contribution in [-0.4, -0.2) is 59.6 Å². The largest absolute Gasteiger partial charge is 0.462 e. The van der Waals surface area contributed by atoms with Gasteiger partial charge in [-0.1, -0.05) is 12.1 Å². The number of fused-ring (bicyclic) bond motifs is 2. The summed E-state index contributed by atoms with van der Waals surface area (Å²) in [5, 5.41) is 0. The number of carbonyl (C=O) groups excluding carboxylic acids is 5. The predicted octanol–water partition coefficient (Wildman–Crippen LogP) is 1.76. The monoisotopic (exact) mass is 392 g/mol. The van der Waals surface area contributed by atoms with E-state index in [0.717, 1.165) is 9.80 Å². The van der Waals surface area contributed by atoms with Gasteiger partial charge in [-0.25, -0.2) is 4.79 Å². The minimum atomic E-state index is -0.648. The molecule has 0 aliphatic carbocycles. The lowest BCUT2D eigenvalue weighted by Crippen LogP contribution is -2.31. The summed E-state index contributed by atoms with van der Waals surface area (Å²) in [6, 6.07) is 10.8. The SMILES string of the molecule is CN1C(=O)c2ccc(C(=O)OCCCN3C(=O)c4ccccc4C3=O)cc2C1=O. The zero-order valence-corrected chi connectivity index (χ0v) is 15.5. The normalized spacial score (nSPS) is 15.1. The fourth-order valence-corrected chi connectivity index (χ4v) is 3.40. The second-order valence-electron chi connectivity index (χ2n) is 6.73. The van der Waals surface area contributed by atoms with Crippen LogP contribution in [0, 0.1) is 0 Å². The Kier molecular flexibility index (Phi) is 4.46. The molecular weight excluding hydrogens is 376 g/mol. The molecular formula is C21H16N2O6. The number of esters is 1. The molecule has 0 aromatic heterocycles. The molecule has 29 heavy (non-hydrogen) atoms. The molecule has 0 spiro atoms. The lowest BCUT2D eigenvalue weighted by atomic mass is 10.1. The predicted molar refractivity (Wildman–Crippen MR) is 99.6 cm³/mol. The van der Waals surface area contributed by atoms with Crippen molar-refractivity contribution in [1.82, 2.24) is 9.80 Å². The highest BCUT2D eigenvalue weighted by molar-refractivity contribution is 6.22. The molecule has 2 heterocycles. The fourth-order valence-electron chi connectivity index (χ4n) is 3.40. The van der Waals surface area contributed by atoms with E-state index in [1.54, 1.807) is 24.3 Å². The molecule has 2 aliphatic rings. The van der Waals surface area contributed by atoms with Gasteiger partial charge < -0.3 is 4.74 Å². The molecule has 0 fully saturated rings. The van der Waals surface area contributed by atoms with Crippen LogP contribution in [-0.2, 0) is 4.74 Å². The van der Waals surface area contributed by atoms with Crippen molar-refractivity contribution in [3.8, 4) is 0 Å². The molecule has 0 radical (unpaired) electrons. The number of rotatable bonds is 5. The number of ether oxygens (including phenoxy) is 1. The van der Waals surface area contributed by atoms with E-state index in [-0.39, 0.29) is 48.1 Å². The highest BCUT2D eigenvalue weighted by Gasteiger charge is 2.35. The van der Waals surface area contributed by atoms with Crippen molar-refractivity contribution in [2.75, 3.05) is 20.2 Å². The first kappa shape index (κ1) is 18.5. The van der Waals surface area contributed by atoms with Crippen molar-refractivity contribution in [3.63, 3.8) is 0 Å². The second kappa shape index (κ2) is 6.97. The van der Waals surface area contributed by atoms with Crippen LogP contribution in [0.4, 0.5) is 0 Å². The van der Waals surface area contributed by atoms with Crippen LogP contribution in [0.5, 0.6) is 0 Å². The highest BCUT2D eigenvalue weighted by atomic mass is 16.5. The summed E-state index contributed by atoms with van der Waals surface area (Å²) < 4.78 is 5.19. The summed E-state index contributed by atoms with van der Waals surface area (Å²) in [7, 11) is 1.38. The summed E-state index contributed by atoms with van der Waals surface area (Å²) in [5.41, 5.74) is 1.31. The van der Waals surface area contributed by atoms with E-state index in [1.165, 1.54) is 25.2 Å². The van der Waals surface area contributed by atoms with Gasteiger partial charge in [0.15, 0.2) is 0 Å². The van der Waals surface area contributed by atoms with Gasteiger partial charge in [-0.05, 0) is 36.8 Å². The lowest BCUT2D eigenvalue weighted by molar-refractivity contribution is 0.0481. The average molecular weight is 392 g/mol. The van der Waals surface area contributed by atoms with Gasteiger partial charge in [0.2, 0.25) is 0 Å². The lowest BCUT2D eigenvalue weighted by Gasteiger charge is -2.13. The maximum Gasteiger partial charge on any atom is 0.338 e. The number of hydrogen-bond acceptors (Lipinski definition) is 6. The Morgan fingerprint density at radius 1 is 0.828 bits per heavy atom. The van der Waals surface area contributed by atoms with Crippen LogP contribution in [0.3, 0.4) is 0 Å². The van der Waals surface area contributed by atoms with Gasteiger partial charge in [0.1, 0.15) is 0 Å². The van der Waals surface area contributed by atoms with Crippen LogP contribution in [0.15, 0.2) is 42.5 Å². The molecule has 2 aliphatic heterocycles. The Morgan fingerprint density at radius 2 is 1.41 bits per heavy atom. The number of imide groups is 2. The Bertz CT molecular complexity index is 1060. The Hall–Kier alpha value is -3.81. The highest BCUT2D eigenvalue weighted by Crippen LogP contribution is 2.24. The van der Waals surface area contributed by atoms with Crippen LogP contribution < -0.4 is 0 Å². The van der Waals surface area contributed by atoms with E-state index in [4.69, 9.17) is 4.74 Å². The van der Waals surface area contributed by atoms with Gasteiger partial charge in [0.25, 0.3) is 23.6 Å². The Morgan fingerprint density at radius 3 is 2.07 bits per heavy atom. The number of amides is 4. The Balaban J connectivity index is 1.34. The van der Waals surface area contributed by atoms with Crippen LogP contribution in [0.25, 0.3) is 0 Å². The molecule has 4 amide bonds. The summed E-state index contributed by atoms with van der Waals surface area (Å²) in [5.74, 6) is -2.24. The Labute approximate surface area is 165 Å². The van der Waals surface area contributed by atoms with Gasteiger partial charge in [-0.15, -0.1) is 0 Å². The summed E-state index contributed by atoms with van der Waals surface area (Å²) >= 11 is 0. The summed E-state index contributed by atoms with van der Waals surface area (Å²) in [6.07, 6.45) is 0.280. The van der Waals surface area contributed by atoms with E-state index >= 15 is 0 Å². The fraction of sp³-hybridized carbons (Fsp3) is 0.190. The minimum absolute atomic E-state index is 0.00387. The van der Waals surface area contributed by atoms with Crippen molar-refractivity contribution in [2.24, 2.45) is 0 Å². The first-order valence-electron chi connectivity index (χ1n) is 8.99. The summed E-state index contributed by atoms with van der Waals surface area (Å²) in [6.45, 7) is 0.123. The molecule has 0 atom stereocenters. The first-order valence-corrected chi connectivity index (χ1v) is 8.99. The van der Waals surface area contributed by atoms with E-state index < -0.39 is 17.8 Å². The first-order chi connectivity index (χ1) is 13.9. The van der Waals surface area contributed by atoms with Crippen molar-refractivity contribution < 1.29 is 28.7 Å². The third-order valence-electron chi connectivity index (χ3n) is 4.96. The molecule has 2 aromatic carbocycles. The number of carbonyl (C=O) groups is 5. The topological polar surface area (TPSA) is 101 Å². The van der Waals surface area contributed by atoms with E-state index in [1.807, 2.05) is 0 Å². The van der Waals surface area contributed by atoms with Crippen molar-refractivity contribution >= 4 is 29.6 Å². The summed E-state index contributed by atoms with van der Waals surface area (Å²) in [4.78, 5) is 62.8. The van der Waals surface area contributed by atoms with Crippen molar-refractivity contribution in [2.45, 2.75) is 6.42 Å². The van der Waals surface area contributed by atoms with Crippen LogP contribution in [0.1, 0.15) is 58.2 Å². The molecule has 146 valence electrons. The standard InChI is InChI=1S/C21H16N2O6/c1-22-17(24)15-8-7-12(11-16(15)18(22)25)21(28)29-10-4-9-23-19(26)13-5-2-3-6-14(13)20(23)27/h2-3,5-8,11H,4,9-10H2,1H3. The van der Waals surface area contributed by atoms with E-state index in [9.17, 15) is 24.0 Å². The van der Waals surface area contributed by atoms with Gasteiger partial charge in [-0.2, -0.15) is 0 Å². The van der Waals surface area contributed by atoms with Gasteiger partial charge in [0, 0.05) is 13.6 Å². The maximum absolute atomic E-state index is 12.3. The average Bonchev–Trinajstić information content (AvgIpc) is 3.11. The van der Waals surface area contributed by atoms with E-state index in [2.05, 4.69) is 0 Å². The van der Waals surface area contributed by atoms with Crippen LogP contribution >= 0.6 is 0 Å². The quantitative estimate of drug-likeness (QED) is 0.437. The zero-order valence-electron chi connectivity index (χ0n) is 15.5. The van der Waals surface area contributed by atoms with Gasteiger partial charge in [-0.3, -0.25) is 29.0 Å². The molecule has 0 saturated heterocycles. The zero-order chi connectivity index (χ0) is 20.7. The third-order valence-corrected chi connectivity index (χ3v) is 4.96. The molecule has 0 unspecified atom stereocenters. The molecule has 0 N–H and O–H groups in total. The smallest absolute Gasteiger partial charge is 0.338 e. The van der Waals surface area contributed by atoms with Crippen molar-refractivity contribution in [1.29, 1.82) is 0 Å². The number of hydrogen-bond donors (Lipinski definition) is 0. The molecule has 8 nitrogen and oxygen atoms in total. The molecule has 0 bridgehead atoms. The van der Waals surface area contributed by atoms with Gasteiger partial charge in [0.05, 0.1) is 34.4 Å². The minimum Gasteiger partial charge on any atom is -0.462 e. The van der Waals surface area contributed by atoms with Crippen molar-refractivity contribution in [3.05, 3.63) is 70.3 Å². The number of benzene rings is 2. The molecule has 4 rings (SSSR count). The second-order valence-corrected chi connectivity index (χ2v) is 6.73. The molecule has 2 aromatic rings. The van der Waals surface area contributed by atoms with E-state index in [0.29, 0.717) is 11.1 Å². The number of nitrogens with zero attached hydrogens (tertiary/aromatic N) is 2. The molecule has 0 saturated carbocycles. The van der Waals surface area contributed by atoms with Crippen LogP contribution in [0.2, 0.25) is 0 Å². The third kappa shape index (κ3) is 2.98. The maximum atomic E-state index is 12.3.